The largest absolute Gasteiger partial charge is 0.450 e. The molecule has 6 heteroatoms. The van der Waals surface area contributed by atoms with E-state index in [9.17, 15) is 4.79 Å². The summed E-state index contributed by atoms with van der Waals surface area (Å²) in [7, 11) is 0. The van der Waals surface area contributed by atoms with E-state index in [1.807, 2.05) is 18.2 Å². The number of hydrogen-bond acceptors (Lipinski definition) is 5. The molecule has 0 saturated carbocycles. The van der Waals surface area contributed by atoms with Crippen molar-refractivity contribution < 1.29 is 13.9 Å². The molecule has 4 aliphatic heterocycles. The van der Waals surface area contributed by atoms with Crippen LogP contribution in [0.2, 0.25) is 0 Å². The molecule has 2 aromatic carbocycles. The number of piperidine rings is 3. The first-order valence-electron chi connectivity index (χ1n) is 11.7. The van der Waals surface area contributed by atoms with E-state index in [2.05, 4.69) is 45.4 Å². The van der Waals surface area contributed by atoms with Gasteiger partial charge in [0.15, 0.2) is 5.76 Å². The first-order chi connectivity index (χ1) is 15.7. The summed E-state index contributed by atoms with van der Waals surface area (Å²) in [6, 6.07) is 16.8. The van der Waals surface area contributed by atoms with E-state index in [0.717, 1.165) is 68.0 Å². The molecule has 7 rings (SSSR count). The number of nitrogens with one attached hydrogen (secondary N) is 1. The molecule has 1 unspecified atom stereocenters. The normalized spacial score (nSPS) is 25.2. The fourth-order valence-electron chi connectivity index (χ4n) is 5.46. The Morgan fingerprint density at radius 2 is 1.78 bits per heavy atom. The summed E-state index contributed by atoms with van der Waals surface area (Å²) in [5, 5.41) is 4.20. The summed E-state index contributed by atoms with van der Waals surface area (Å²) in [6.45, 7) is 6.60. The van der Waals surface area contributed by atoms with Crippen molar-refractivity contribution in [2.24, 2.45) is 5.92 Å². The summed E-state index contributed by atoms with van der Waals surface area (Å²) in [4.78, 5) is 17.8. The number of carbonyl (C=O) groups is 1. The number of amides is 1. The highest BCUT2D eigenvalue weighted by molar-refractivity contribution is 6.00. The van der Waals surface area contributed by atoms with E-state index in [0.29, 0.717) is 11.7 Å². The van der Waals surface area contributed by atoms with Gasteiger partial charge in [-0.05, 0) is 55.6 Å². The summed E-state index contributed by atoms with van der Waals surface area (Å²) in [5.74, 6) is 0.882. The highest BCUT2D eigenvalue weighted by atomic mass is 16.5. The van der Waals surface area contributed by atoms with Crippen molar-refractivity contribution >= 4 is 22.6 Å². The van der Waals surface area contributed by atoms with Crippen molar-refractivity contribution in [3.63, 3.8) is 0 Å². The Balaban J connectivity index is 1.27. The standard InChI is InChI=1S/C26H29N3O3/c30-26(27-23-17-28-9-7-18(23)8-10-28)24-16-20-4-2-6-22(25(20)32-24)19-3-1-5-21(15-19)29-11-13-31-14-12-29/h1-6,15-16,18,23H,7-14,17H2,(H,27,30). The summed E-state index contributed by atoms with van der Waals surface area (Å²) < 4.78 is 11.7. The summed E-state index contributed by atoms with van der Waals surface area (Å²) in [6.07, 6.45) is 2.35. The van der Waals surface area contributed by atoms with Gasteiger partial charge in [-0.1, -0.05) is 30.3 Å². The van der Waals surface area contributed by atoms with Crippen molar-refractivity contribution in [1.82, 2.24) is 10.2 Å². The number of furan rings is 1. The zero-order valence-corrected chi connectivity index (χ0v) is 18.3. The van der Waals surface area contributed by atoms with E-state index in [4.69, 9.17) is 9.15 Å². The Bertz CT molecular complexity index is 1130. The van der Waals surface area contributed by atoms with E-state index in [1.165, 1.54) is 18.5 Å². The van der Waals surface area contributed by atoms with Gasteiger partial charge in [0.25, 0.3) is 5.91 Å². The molecule has 2 bridgehead atoms. The van der Waals surface area contributed by atoms with Crippen LogP contribution >= 0.6 is 0 Å². The number of nitrogens with zero attached hydrogens (tertiary/aromatic N) is 2. The molecule has 1 amide bonds. The molecule has 1 aromatic heterocycles. The Morgan fingerprint density at radius 1 is 0.969 bits per heavy atom. The summed E-state index contributed by atoms with van der Waals surface area (Å²) >= 11 is 0. The van der Waals surface area contributed by atoms with Crippen LogP contribution in [0.1, 0.15) is 23.4 Å². The molecule has 166 valence electrons. The smallest absolute Gasteiger partial charge is 0.287 e. The van der Waals surface area contributed by atoms with Crippen LogP contribution in [0, 0.1) is 5.92 Å². The Hall–Kier alpha value is -2.83. The van der Waals surface area contributed by atoms with Crippen molar-refractivity contribution in [2.45, 2.75) is 18.9 Å². The molecule has 32 heavy (non-hydrogen) atoms. The van der Waals surface area contributed by atoms with Gasteiger partial charge >= 0.3 is 0 Å². The van der Waals surface area contributed by atoms with Crippen molar-refractivity contribution in [1.29, 1.82) is 0 Å². The molecule has 1 atom stereocenters. The molecule has 4 saturated heterocycles. The van der Waals surface area contributed by atoms with Gasteiger partial charge in [0, 0.05) is 42.3 Å². The van der Waals surface area contributed by atoms with Gasteiger partial charge in [-0.2, -0.15) is 0 Å². The Morgan fingerprint density at radius 3 is 2.56 bits per heavy atom. The minimum atomic E-state index is -0.104. The molecular formula is C26H29N3O3. The lowest BCUT2D eigenvalue weighted by Gasteiger charge is -2.44. The number of carbonyl (C=O) groups excluding carboxylic acids is 1. The molecule has 3 aromatic rings. The number of anilines is 1. The van der Waals surface area contributed by atoms with Crippen molar-refractivity contribution in [3.05, 3.63) is 54.3 Å². The number of rotatable bonds is 4. The van der Waals surface area contributed by atoms with Gasteiger partial charge in [-0.15, -0.1) is 0 Å². The predicted octanol–water partition coefficient (Wildman–Crippen LogP) is 3.76. The predicted molar refractivity (Wildman–Crippen MR) is 125 cm³/mol. The molecule has 0 aliphatic carbocycles. The molecule has 0 spiro atoms. The second-order valence-corrected chi connectivity index (χ2v) is 9.20. The van der Waals surface area contributed by atoms with Crippen LogP contribution in [0.25, 0.3) is 22.1 Å². The minimum absolute atomic E-state index is 0.104. The van der Waals surface area contributed by atoms with Crippen LogP contribution in [0.5, 0.6) is 0 Å². The van der Waals surface area contributed by atoms with Crippen LogP contribution in [-0.2, 0) is 4.74 Å². The monoisotopic (exact) mass is 431 g/mol. The second-order valence-electron chi connectivity index (χ2n) is 9.20. The average molecular weight is 432 g/mol. The zero-order valence-electron chi connectivity index (χ0n) is 18.3. The number of ether oxygens (including phenoxy) is 1. The zero-order chi connectivity index (χ0) is 21.5. The molecule has 5 heterocycles. The fourth-order valence-corrected chi connectivity index (χ4v) is 5.46. The maximum Gasteiger partial charge on any atom is 0.287 e. The summed E-state index contributed by atoms with van der Waals surface area (Å²) in [5.41, 5.74) is 4.07. The number of fused-ring (bicyclic) bond motifs is 4. The molecule has 4 fully saturated rings. The van der Waals surface area contributed by atoms with Gasteiger partial charge in [0.1, 0.15) is 5.58 Å². The SMILES string of the molecule is O=C(NC1CN2CCC1CC2)c1cc2cccc(-c3cccc(N4CCOCC4)c3)c2o1. The first kappa shape index (κ1) is 19.8. The van der Waals surface area contributed by atoms with Crippen LogP contribution < -0.4 is 10.2 Å². The number of hydrogen-bond donors (Lipinski definition) is 1. The number of para-hydroxylation sites is 1. The lowest BCUT2D eigenvalue weighted by molar-refractivity contribution is 0.0607. The van der Waals surface area contributed by atoms with Gasteiger partial charge < -0.3 is 24.3 Å². The highest BCUT2D eigenvalue weighted by Crippen LogP contribution is 2.33. The fraction of sp³-hybridized carbons (Fsp3) is 0.423. The number of morpholine rings is 1. The van der Waals surface area contributed by atoms with Crippen molar-refractivity contribution in [2.75, 3.05) is 50.8 Å². The Labute approximate surface area is 188 Å². The van der Waals surface area contributed by atoms with Crippen LogP contribution in [0.4, 0.5) is 5.69 Å². The minimum Gasteiger partial charge on any atom is -0.450 e. The lowest BCUT2D eigenvalue weighted by atomic mass is 9.84. The van der Waals surface area contributed by atoms with Crippen LogP contribution in [-0.4, -0.2) is 62.8 Å². The average Bonchev–Trinajstić information content (AvgIpc) is 3.30. The van der Waals surface area contributed by atoms with Gasteiger partial charge in [-0.25, -0.2) is 0 Å². The first-order valence-corrected chi connectivity index (χ1v) is 11.7. The van der Waals surface area contributed by atoms with Crippen LogP contribution in [0.3, 0.4) is 0 Å². The quantitative estimate of drug-likeness (QED) is 0.682. The third-order valence-corrected chi connectivity index (χ3v) is 7.27. The van der Waals surface area contributed by atoms with Gasteiger partial charge in [0.05, 0.1) is 13.2 Å². The van der Waals surface area contributed by atoms with Gasteiger partial charge in [-0.3, -0.25) is 4.79 Å². The van der Waals surface area contributed by atoms with E-state index >= 15 is 0 Å². The molecule has 4 aliphatic rings. The maximum atomic E-state index is 13.0. The number of benzene rings is 2. The highest BCUT2D eigenvalue weighted by Gasteiger charge is 2.35. The molecule has 0 radical (unpaired) electrons. The van der Waals surface area contributed by atoms with Gasteiger partial charge in [0.2, 0.25) is 0 Å². The third-order valence-electron chi connectivity index (χ3n) is 7.27. The molecule has 1 N–H and O–H groups in total. The lowest BCUT2D eigenvalue weighted by Crippen LogP contribution is -2.57. The topological polar surface area (TPSA) is 58.0 Å². The maximum absolute atomic E-state index is 13.0. The van der Waals surface area contributed by atoms with Crippen molar-refractivity contribution in [3.8, 4) is 11.1 Å². The Kier molecular flexibility index (Phi) is 5.12. The molecular weight excluding hydrogens is 402 g/mol. The van der Waals surface area contributed by atoms with E-state index in [1.54, 1.807) is 0 Å². The van der Waals surface area contributed by atoms with Crippen LogP contribution in [0.15, 0.2) is 52.9 Å². The molecule has 6 nitrogen and oxygen atoms in total. The third kappa shape index (κ3) is 3.67. The van der Waals surface area contributed by atoms with E-state index < -0.39 is 0 Å². The van der Waals surface area contributed by atoms with E-state index in [-0.39, 0.29) is 11.9 Å². The second kappa shape index (κ2) is 8.26.